The van der Waals surface area contributed by atoms with Gasteiger partial charge in [-0.1, -0.05) is 23.8 Å². The lowest BCUT2D eigenvalue weighted by atomic mass is 9.97. The van der Waals surface area contributed by atoms with E-state index in [9.17, 15) is 5.11 Å². The van der Waals surface area contributed by atoms with Crippen LogP contribution >= 0.6 is 0 Å². The normalized spacial score (nSPS) is 21.7. The second-order valence-electron chi connectivity index (χ2n) is 5.36. The number of nitrogens with zero attached hydrogens (tertiary/aromatic N) is 1. The van der Waals surface area contributed by atoms with Gasteiger partial charge in [-0.05, 0) is 50.3 Å². The summed E-state index contributed by atoms with van der Waals surface area (Å²) in [7, 11) is 0. The first-order valence-corrected chi connectivity index (χ1v) is 6.58. The number of rotatable bonds is 3. The van der Waals surface area contributed by atoms with Crippen molar-refractivity contribution in [2.45, 2.75) is 33.2 Å². The van der Waals surface area contributed by atoms with Crippen LogP contribution in [0.5, 0.6) is 0 Å². The van der Waals surface area contributed by atoms with Crippen LogP contribution in [0.4, 0.5) is 0 Å². The molecule has 1 saturated heterocycles. The van der Waals surface area contributed by atoms with E-state index in [2.05, 4.69) is 36.9 Å². The van der Waals surface area contributed by atoms with Crippen molar-refractivity contribution in [1.82, 2.24) is 4.90 Å². The van der Waals surface area contributed by atoms with Gasteiger partial charge >= 0.3 is 0 Å². The van der Waals surface area contributed by atoms with Gasteiger partial charge < -0.3 is 5.11 Å². The molecule has 0 aromatic heterocycles. The van der Waals surface area contributed by atoms with Crippen LogP contribution in [0.2, 0.25) is 0 Å². The zero-order valence-electron chi connectivity index (χ0n) is 10.9. The molecular formula is C15H23NO. The Morgan fingerprint density at radius 2 is 2.18 bits per heavy atom. The highest BCUT2D eigenvalue weighted by molar-refractivity contribution is 5.30. The fourth-order valence-corrected chi connectivity index (χ4v) is 2.71. The maximum Gasteiger partial charge on any atom is 0.0471 e. The molecule has 2 heteroatoms. The van der Waals surface area contributed by atoms with Crippen LogP contribution < -0.4 is 0 Å². The molecule has 1 N–H and O–H groups in total. The average Bonchev–Trinajstić information content (AvgIpc) is 2.33. The monoisotopic (exact) mass is 233 g/mol. The molecule has 0 radical (unpaired) electrons. The Morgan fingerprint density at radius 3 is 2.88 bits per heavy atom. The Kier molecular flexibility index (Phi) is 4.19. The highest BCUT2D eigenvalue weighted by Crippen LogP contribution is 2.19. The SMILES string of the molecule is Cc1ccc(CN2CCCC(CO)C2)c(C)c1. The largest absolute Gasteiger partial charge is 0.396 e. The van der Waals surface area contributed by atoms with Crippen molar-refractivity contribution < 1.29 is 5.11 Å². The third-order valence-electron chi connectivity index (χ3n) is 3.75. The van der Waals surface area contributed by atoms with Gasteiger partial charge in [0.25, 0.3) is 0 Å². The number of likely N-dealkylation sites (tertiary alicyclic amines) is 1. The molecule has 0 aliphatic carbocycles. The summed E-state index contributed by atoms with van der Waals surface area (Å²) in [6.45, 7) is 7.91. The van der Waals surface area contributed by atoms with Gasteiger partial charge in [-0.15, -0.1) is 0 Å². The molecule has 1 heterocycles. The minimum absolute atomic E-state index is 0.337. The van der Waals surface area contributed by atoms with Crippen LogP contribution in [-0.2, 0) is 6.54 Å². The third kappa shape index (κ3) is 3.30. The fourth-order valence-electron chi connectivity index (χ4n) is 2.71. The number of piperidine rings is 1. The molecule has 2 rings (SSSR count). The van der Waals surface area contributed by atoms with Crippen molar-refractivity contribution in [2.24, 2.45) is 5.92 Å². The molecule has 0 saturated carbocycles. The summed E-state index contributed by atoms with van der Waals surface area (Å²) < 4.78 is 0. The summed E-state index contributed by atoms with van der Waals surface area (Å²) in [6, 6.07) is 6.69. The van der Waals surface area contributed by atoms with Crippen molar-refractivity contribution in [3.8, 4) is 0 Å². The first-order chi connectivity index (χ1) is 8.19. The van der Waals surface area contributed by atoms with Gasteiger partial charge in [-0.2, -0.15) is 0 Å². The van der Waals surface area contributed by atoms with E-state index in [0.717, 1.165) is 13.1 Å². The zero-order valence-corrected chi connectivity index (χ0v) is 10.9. The van der Waals surface area contributed by atoms with E-state index in [4.69, 9.17) is 0 Å². The van der Waals surface area contributed by atoms with Gasteiger partial charge in [0.15, 0.2) is 0 Å². The number of aliphatic hydroxyl groups excluding tert-OH is 1. The molecule has 0 bridgehead atoms. The third-order valence-corrected chi connectivity index (χ3v) is 3.75. The fraction of sp³-hybridized carbons (Fsp3) is 0.600. The molecule has 1 aromatic rings. The molecule has 0 amide bonds. The summed E-state index contributed by atoms with van der Waals surface area (Å²) in [6.07, 6.45) is 2.40. The molecule has 1 aliphatic rings. The van der Waals surface area contributed by atoms with Crippen LogP contribution in [0.25, 0.3) is 0 Å². The minimum Gasteiger partial charge on any atom is -0.396 e. The first kappa shape index (κ1) is 12.6. The Hall–Kier alpha value is -0.860. The first-order valence-electron chi connectivity index (χ1n) is 6.58. The summed E-state index contributed by atoms with van der Waals surface area (Å²) in [5, 5.41) is 9.24. The molecule has 2 nitrogen and oxygen atoms in total. The lowest BCUT2D eigenvalue weighted by Gasteiger charge is -2.32. The van der Waals surface area contributed by atoms with Crippen molar-refractivity contribution >= 4 is 0 Å². The van der Waals surface area contributed by atoms with Gasteiger partial charge in [0.05, 0.1) is 0 Å². The quantitative estimate of drug-likeness (QED) is 0.867. The summed E-state index contributed by atoms with van der Waals surface area (Å²) >= 11 is 0. The van der Waals surface area contributed by atoms with E-state index in [1.807, 2.05) is 0 Å². The number of aryl methyl sites for hydroxylation is 2. The van der Waals surface area contributed by atoms with E-state index >= 15 is 0 Å². The predicted octanol–water partition coefficient (Wildman–Crippen LogP) is 2.51. The summed E-state index contributed by atoms with van der Waals surface area (Å²) in [5.41, 5.74) is 4.14. The lowest BCUT2D eigenvalue weighted by Crippen LogP contribution is -2.36. The second kappa shape index (κ2) is 5.65. The molecule has 17 heavy (non-hydrogen) atoms. The molecule has 1 fully saturated rings. The van der Waals surface area contributed by atoms with Gasteiger partial charge in [0.2, 0.25) is 0 Å². The van der Waals surface area contributed by atoms with E-state index < -0.39 is 0 Å². The summed E-state index contributed by atoms with van der Waals surface area (Å²) in [4.78, 5) is 2.47. The number of aliphatic hydroxyl groups is 1. The average molecular weight is 233 g/mol. The maximum absolute atomic E-state index is 9.24. The zero-order chi connectivity index (χ0) is 12.3. The smallest absolute Gasteiger partial charge is 0.0471 e. The van der Waals surface area contributed by atoms with E-state index in [1.54, 1.807) is 0 Å². The van der Waals surface area contributed by atoms with Crippen molar-refractivity contribution in [3.05, 3.63) is 34.9 Å². The van der Waals surface area contributed by atoms with Crippen LogP contribution in [0.1, 0.15) is 29.5 Å². The van der Waals surface area contributed by atoms with Gasteiger partial charge in [0.1, 0.15) is 0 Å². The van der Waals surface area contributed by atoms with Crippen LogP contribution in [0.15, 0.2) is 18.2 Å². The number of benzene rings is 1. The molecule has 94 valence electrons. The maximum atomic E-state index is 9.24. The van der Waals surface area contributed by atoms with E-state index in [1.165, 1.54) is 36.1 Å². The number of hydrogen-bond acceptors (Lipinski definition) is 2. The van der Waals surface area contributed by atoms with Gasteiger partial charge in [-0.3, -0.25) is 4.90 Å². The standard InChI is InChI=1S/C15H23NO/c1-12-5-6-15(13(2)8-12)10-16-7-3-4-14(9-16)11-17/h5-6,8,14,17H,3-4,7,9-11H2,1-2H3. The van der Waals surface area contributed by atoms with Gasteiger partial charge in [0, 0.05) is 19.7 Å². The Labute approximate surface area is 104 Å². The Bertz CT molecular complexity index is 375. The van der Waals surface area contributed by atoms with E-state index in [-0.39, 0.29) is 0 Å². The van der Waals surface area contributed by atoms with Crippen LogP contribution in [0.3, 0.4) is 0 Å². The van der Waals surface area contributed by atoms with E-state index in [0.29, 0.717) is 12.5 Å². The Morgan fingerprint density at radius 1 is 1.35 bits per heavy atom. The highest BCUT2D eigenvalue weighted by Gasteiger charge is 2.19. The minimum atomic E-state index is 0.337. The van der Waals surface area contributed by atoms with Crippen molar-refractivity contribution in [2.75, 3.05) is 19.7 Å². The number of hydrogen-bond donors (Lipinski definition) is 1. The van der Waals surface area contributed by atoms with Crippen molar-refractivity contribution in [3.63, 3.8) is 0 Å². The van der Waals surface area contributed by atoms with Crippen LogP contribution in [0, 0.1) is 19.8 Å². The molecule has 1 aromatic carbocycles. The lowest BCUT2D eigenvalue weighted by molar-refractivity contribution is 0.116. The Balaban J connectivity index is 2.00. The molecule has 0 spiro atoms. The molecule has 1 aliphatic heterocycles. The molecular weight excluding hydrogens is 210 g/mol. The van der Waals surface area contributed by atoms with Crippen molar-refractivity contribution in [1.29, 1.82) is 0 Å². The second-order valence-corrected chi connectivity index (χ2v) is 5.36. The summed E-state index contributed by atoms with van der Waals surface area (Å²) in [5.74, 6) is 0.481. The highest BCUT2D eigenvalue weighted by atomic mass is 16.3. The molecule has 1 unspecified atom stereocenters. The van der Waals surface area contributed by atoms with Gasteiger partial charge in [-0.25, -0.2) is 0 Å². The van der Waals surface area contributed by atoms with Crippen LogP contribution in [-0.4, -0.2) is 29.7 Å². The predicted molar refractivity (Wildman–Crippen MR) is 71.0 cm³/mol. The molecule has 1 atom stereocenters. The topological polar surface area (TPSA) is 23.5 Å².